The molecule has 0 aliphatic carbocycles. The number of ether oxygens (including phenoxy) is 1. The third-order valence-corrected chi connectivity index (χ3v) is 3.12. The molecule has 1 rings (SSSR count). The largest absolute Gasteiger partial charge is 0.481 e. The van der Waals surface area contributed by atoms with Crippen molar-refractivity contribution < 1.29 is 9.53 Å². The van der Waals surface area contributed by atoms with Crippen LogP contribution in [-0.4, -0.2) is 25.1 Å². The number of amides is 1. The van der Waals surface area contributed by atoms with Crippen LogP contribution in [0.25, 0.3) is 0 Å². The molecule has 0 fully saturated rings. The Hall–Kier alpha value is -1.99. The number of para-hydroxylation sites is 1. The van der Waals surface area contributed by atoms with Crippen LogP contribution in [0.15, 0.2) is 24.3 Å². The van der Waals surface area contributed by atoms with Gasteiger partial charge in [-0.25, -0.2) is 0 Å². The number of carbonyl (C=O) groups is 1. The number of carbonyl (C=O) groups excluding carboxylic acids is 1. The normalized spacial score (nSPS) is 13.0. The first-order valence-electron chi connectivity index (χ1n) is 7.30. The van der Waals surface area contributed by atoms with E-state index in [1.54, 1.807) is 6.92 Å². The molecule has 4 nitrogen and oxygen atoms in total. The number of rotatable bonds is 8. The molecule has 1 aromatic carbocycles. The lowest BCUT2D eigenvalue weighted by molar-refractivity contribution is -0.127. The Morgan fingerprint density at radius 3 is 2.76 bits per heavy atom. The van der Waals surface area contributed by atoms with E-state index in [0.29, 0.717) is 0 Å². The second-order valence-corrected chi connectivity index (χ2v) is 4.90. The van der Waals surface area contributed by atoms with Crippen molar-refractivity contribution in [1.82, 2.24) is 10.6 Å². The van der Waals surface area contributed by atoms with Gasteiger partial charge in [-0.3, -0.25) is 4.79 Å². The van der Waals surface area contributed by atoms with Crippen molar-refractivity contribution >= 4 is 5.91 Å². The third kappa shape index (κ3) is 5.49. The molecule has 114 valence electrons. The molecule has 1 aromatic rings. The Kier molecular flexibility index (Phi) is 7.34. The molecule has 0 aliphatic heterocycles. The fourth-order valence-electron chi connectivity index (χ4n) is 1.94. The van der Waals surface area contributed by atoms with Crippen molar-refractivity contribution in [3.63, 3.8) is 0 Å². The predicted octanol–water partition coefficient (Wildman–Crippen LogP) is 2.26. The molecule has 0 saturated heterocycles. The molecular weight excluding hydrogens is 264 g/mol. The maximum atomic E-state index is 11.8. The highest BCUT2D eigenvalue weighted by Gasteiger charge is 2.17. The summed E-state index contributed by atoms with van der Waals surface area (Å²) in [5, 5.41) is 6.04. The lowest BCUT2D eigenvalue weighted by Crippen LogP contribution is -2.36. The smallest absolute Gasteiger partial charge is 0.261 e. The van der Waals surface area contributed by atoms with E-state index in [1.807, 2.05) is 24.3 Å². The minimum atomic E-state index is -0.585. The number of hydrogen-bond acceptors (Lipinski definition) is 3. The monoisotopic (exact) mass is 288 g/mol. The molecule has 0 saturated carbocycles. The Labute approximate surface area is 127 Å². The van der Waals surface area contributed by atoms with Crippen molar-refractivity contribution in [1.29, 1.82) is 0 Å². The zero-order chi connectivity index (χ0) is 15.7. The molecule has 0 heterocycles. The zero-order valence-electron chi connectivity index (χ0n) is 13.0. The van der Waals surface area contributed by atoms with Gasteiger partial charge in [0.25, 0.3) is 5.91 Å². The van der Waals surface area contributed by atoms with Gasteiger partial charge in [-0.1, -0.05) is 31.0 Å². The highest BCUT2D eigenvalue weighted by atomic mass is 16.5. The van der Waals surface area contributed by atoms with E-state index in [-0.39, 0.29) is 18.5 Å². The average molecular weight is 288 g/mol. The summed E-state index contributed by atoms with van der Waals surface area (Å²) in [6.07, 6.45) is 5.61. The van der Waals surface area contributed by atoms with Crippen LogP contribution < -0.4 is 15.4 Å². The summed E-state index contributed by atoms with van der Waals surface area (Å²) in [4.78, 5) is 11.8. The summed E-state index contributed by atoms with van der Waals surface area (Å²) < 4.78 is 5.78. The molecular formula is C17H24N2O2. The van der Waals surface area contributed by atoms with Gasteiger partial charge in [0.2, 0.25) is 0 Å². The van der Waals surface area contributed by atoms with Gasteiger partial charge < -0.3 is 15.4 Å². The molecule has 2 atom stereocenters. The second-order valence-electron chi connectivity index (χ2n) is 4.90. The summed E-state index contributed by atoms with van der Waals surface area (Å²) in [5.41, 5.74) is 1.04. The van der Waals surface area contributed by atoms with Crippen LogP contribution in [0, 0.1) is 12.3 Å². The standard InChI is InChI=1S/C17H24N2O2/c1-5-11-18-13(3)15-9-7-8-10-16(15)21-14(4)17(20)19-12-6-2/h2,7-10,13-14,18H,5,11-12H2,1,3-4H3,(H,19,20). The van der Waals surface area contributed by atoms with E-state index in [2.05, 4.69) is 30.4 Å². The molecule has 1 amide bonds. The first-order valence-corrected chi connectivity index (χ1v) is 7.30. The molecule has 4 heteroatoms. The Bertz CT molecular complexity index is 494. The molecule has 2 N–H and O–H groups in total. The third-order valence-electron chi connectivity index (χ3n) is 3.12. The summed E-state index contributed by atoms with van der Waals surface area (Å²) in [5.74, 6) is 2.88. The average Bonchev–Trinajstić information content (AvgIpc) is 2.50. The van der Waals surface area contributed by atoms with E-state index in [4.69, 9.17) is 11.2 Å². The van der Waals surface area contributed by atoms with Gasteiger partial charge in [0.05, 0.1) is 6.54 Å². The first-order chi connectivity index (χ1) is 10.1. The van der Waals surface area contributed by atoms with E-state index in [0.717, 1.165) is 24.3 Å². The van der Waals surface area contributed by atoms with Crippen LogP contribution in [0.5, 0.6) is 5.75 Å². The summed E-state index contributed by atoms with van der Waals surface area (Å²) >= 11 is 0. The maximum absolute atomic E-state index is 11.8. The Balaban J connectivity index is 2.74. The minimum Gasteiger partial charge on any atom is -0.481 e. The summed E-state index contributed by atoms with van der Waals surface area (Å²) in [6, 6.07) is 7.92. The first kappa shape index (κ1) is 17.1. The van der Waals surface area contributed by atoms with E-state index in [9.17, 15) is 4.79 Å². The van der Waals surface area contributed by atoms with Crippen LogP contribution >= 0.6 is 0 Å². The van der Waals surface area contributed by atoms with Crippen molar-refractivity contribution in [2.24, 2.45) is 0 Å². The molecule has 2 unspecified atom stereocenters. The molecule has 0 radical (unpaired) electrons. The van der Waals surface area contributed by atoms with Gasteiger partial charge in [-0.05, 0) is 32.9 Å². The Morgan fingerprint density at radius 1 is 1.38 bits per heavy atom. The van der Waals surface area contributed by atoms with Gasteiger partial charge in [0, 0.05) is 11.6 Å². The van der Waals surface area contributed by atoms with Crippen molar-refractivity contribution in [2.75, 3.05) is 13.1 Å². The lowest BCUT2D eigenvalue weighted by Gasteiger charge is -2.20. The maximum Gasteiger partial charge on any atom is 0.261 e. The fourth-order valence-corrected chi connectivity index (χ4v) is 1.94. The van der Waals surface area contributed by atoms with Gasteiger partial charge in [-0.2, -0.15) is 0 Å². The van der Waals surface area contributed by atoms with Crippen molar-refractivity contribution in [3.05, 3.63) is 29.8 Å². The molecule has 21 heavy (non-hydrogen) atoms. The van der Waals surface area contributed by atoms with Crippen molar-refractivity contribution in [3.8, 4) is 18.1 Å². The summed E-state index contributed by atoms with van der Waals surface area (Å²) in [6.45, 7) is 7.07. The number of benzene rings is 1. The highest BCUT2D eigenvalue weighted by Crippen LogP contribution is 2.25. The van der Waals surface area contributed by atoms with Crippen LogP contribution in [0.1, 0.15) is 38.8 Å². The SMILES string of the molecule is C#CCNC(=O)C(C)Oc1ccccc1C(C)NCCC. The van der Waals surface area contributed by atoms with E-state index in [1.165, 1.54) is 0 Å². The van der Waals surface area contributed by atoms with Gasteiger partial charge in [-0.15, -0.1) is 6.42 Å². The van der Waals surface area contributed by atoms with Crippen molar-refractivity contribution in [2.45, 2.75) is 39.3 Å². The quantitative estimate of drug-likeness (QED) is 0.721. The molecule has 0 spiro atoms. The van der Waals surface area contributed by atoms with Crippen LogP contribution in [-0.2, 0) is 4.79 Å². The predicted molar refractivity (Wildman–Crippen MR) is 85.1 cm³/mol. The van der Waals surface area contributed by atoms with Gasteiger partial charge >= 0.3 is 0 Å². The number of nitrogens with one attached hydrogen (secondary N) is 2. The van der Waals surface area contributed by atoms with Gasteiger partial charge in [0.15, 0.2) is 6.10 Å². The molecule has 0 aliphatic rings. The fraction of sp³-hybridized carbons (Fsp3) is 0.471. The van der Waals surface area contributed by atoms with Crippen LogP contribution in [0.2, 0.25) is 0 Å². The molecule has 0 aromatic heterocycles. The molecule has 0 bridgehead atoms. The zero-order valence-corrected chi connectivity index (χ0v) is 13.0. The second kappa shape index (κ2) is 9.04. The lowest BCUT2D eigenvalue weighted by atomic mass is 10.1. The van der Waals surface area contributed by atoms with Crippen LogP contribution in [0.3, 0.4) is 0 Å². The van der Waals surface area contributed by atoms with Gasteiger partial charge in [0.1, 0.15) is 5.75 Å². The minimum absolute atomic E-state index is 0.169. The van der Waals surface area contributed by atoms with Crippen LogP contribution in [0.4, 0.5) is 0 Å². The van der Waals surface area contributed by atoms with E-state index >= 15 is 0 Å². The Morgan fingerprint density at radius 2 is 2.10 bits per heavy atom. The summed E-state index contributed by atoms with van der Waals surface area (Å²) in [7, 11) is 0. The highest BCUT2D eigenvalue weighted by molar-refractivity contribution is 5.80. The number of hydrogen-bond donors (Lipinski definition) is 2. The number of terminal acetylenes is 1. The topological polar surface area (TPSA) is 50.4 Å². The van der Waals surface area contributed by atoms with E-state index < -0.39 is 6.10 Å².